The predicted molar refractivity (Wildman–Crippen MR) is 86.5 cm³/mol. The standard InChI is InChI=1S/C18H13F3N2O3/c1-10-6-7-12(22-17(26)18(19,20)21)8-11(10)9-23-15(24)13-4-2-3-5-14(13)16(23)25/h2-8H,9H2,1H3,(H,22,26). The number of alkyl halides is 3. The number of carbonyl (C=O) groups is 3. The molecule has 0 unspecified atom stereocenters. The van der Waals surface area contributed by atoms with Crippen LogP contribution in [0.3, 0.4) is 0 Å². The molecule has 0 saturated carbocycles. The Bertz CT molecular complexity index is 887. The molecule has 0 fully saturated rings. The fourth-order valence-corrected chi connectivity index (χ4v) is 2.67. The van der Waals surface area contributed by atoms with Gasteiger partial charge in [0.2, 0.25) is 0 Å². The number of fused-ring (bicyclic) bond motifs is 1. The van der Waals surface area contributed by atoms with Gasteiger partial charge < -0.3 is 5.32 Å². The summed E-state index contributed by atoms with van der Waals surface area (Å²) in [6.45, 7) is 1.59. The van der Waals surface area contributed by atoms with Gasteiger partial charge in [-0.25, -0.2) is 0 Å². The van der Waals surface area contributed by atoms with Crippen LogP contribution in [0.25, 0.3) is 0 Å². The molecule has 8 heteroatoms. The second-order valence-electron chi connectivity index (χ2n) is 5.84. The maximum Gasteiger partial charge on any atom is 0.471 e. The number of hydrogen-bond donors (Lipinski definition) is 1. The van der Waals surface area contributed by atoms with Crippen LogP contribution < -0.4 is 5.32 Å². The zero-order valence-electron chi connectivity index (χ0n) is 13.6. The number of anilines is 1. The molecule has 3 rings (SSSR count). The average Bonchev–Trinajstić information content (AvgIpc) is 2.82. The smallest absolute Gasteiger partial charge is 0.318 e. The molecule has 1 aliphatic rings. The van der Waals surface area contributed by atoms with Gasteiger partial charge in [0.25, 0.3) is 11.8 Å². The maximum absolute atomic E-state index is 12.4. The van der Waals surface area contributed by atoms with Crippen molar-refractivity contribution in [1.82, 2.24) is 4.90 Å². The van der Waals surface area contributed by atoms with Crippen LogP contribution in [0.15, 0.2) is 42.5 Å². The van der Waals surface area contributed by atoms with Crippen molar-refractivity contribution in [2.75, 3.05) is 5.32 Å². The van der Waals surface area contributed by atoms with E-state index in [1.807, 2.05) is 0 Å². The molecule has 134 valence electrons. The minimum Gasteiger partial charge on any atom is -0.318 e. The van der Waals surface area contributed by atoms with Gasteiger partial charge in [-0.15, -0.1) is 0 Å². The summed E-state index contributed by atoms with van der Waals surface area (Å²) in [6, 6.07) is 10.5. The van der Waals surface area contributed by atoms with Crippen molar-refractivity contribution >= 4 is 23.4 Å². The Morgan fingerprint density at radius 2 is 1.62 bits per heavy atom. The molecule has 5 nitrogen and oxygen atoms in total. The minimum absolute atomic E-state index is 0.0652. The Hall–Kier alpha value is -3.16. The SMILES string of the molecule is Cc1ccc(NC(=O)C(F)(F)F)cc1CN1C(=O)c2ccccc2C1=O. The Morgan fingerprint density at radius 3 is 2.15 bits per heavy atom. The Labute approximate surface area is 146 Å². The number of rotatable bonds is 3. The summed E-state index contributed by atoms with van der Waals surface area (Å²) >= 11 is 0. The Balaban J connectivity index is 1.85. The molecule has 1 N–H and O–H groups in total. The normalized spacial score (nSPS) is 13.8. The largest absolute Gasteiger partial charge is 0.471 e. The number of nitrogens with zero attached hydrogens (tertiary/aromatic N) is 1. The van der Waals surface area contributed by atoms with Gasteiger partial charge in [0.05, 0.1) is 17.7 Å². The van der Waals surface area contributed by atoms with Crippen molar-refractivity contribution in [2.45, 2.75) is 19.6 Å². The highest BCUT2D eigenvalue weighted by molar-refractivity contribution is 6.21. The molecule has 2 aromatic carbocycles. The highest BCUT2D eigenvalue weighted by Crippen LogP contribution is 2.26. The molecule has 0 spiro atoms. The van der Waals surface area contributed by atoms with Crippen LogP contribution in [0.2, 0.25) is 0 Å². The first kappa shape index (κ1) is 17.7. The number of halogens is 3. The fraction of sp³-hybridized carbons (Fsp3) is 0.167. The Morgan fingerprint density at radius 1 is 1.04 bits per heavy atom. The van der Waals surface area contributed by atoms with E-state index in [1.165, 1.54) is 18.2 Å². The van der Waals surface area contributed by atoms with Gasteiger partial charge in [0, 0.05) is 5.69 Å². The number of amides is 3. The molecule has 1 aliphatic heterocycles. The van der Waals surface area contributed by atoms with Crippen LogP contribution in [0.5, 0.6) is 0 Å². The van der Waals surface area contributed by atoms with E-state index < -0.39 is 23.9 Å². The molecule has 26 heavy (non-hydrogen) atoms. The lowest BCUT2D eigenvalue weighted by Crippen LogP contribution is -2.30. The molecule has 0 saturated heterocycles. The van der Waals surface area contributed by atoms with Crippen LogP contribution in [0, 0.1) is 6.92 Å². The fourth-order valence-electron chi connectivity index (χ4n) is 2.67. The summed E-state index contributed by atoms with van der Waals surface area (Å²) in [7, 11) is 0. The van der Waals surface area contributed by atoms with Crippen molar-refractivity contribution in [3.05, 3.63) is 64.7 Å². The number of carbonyl (C=O) groups excluding carboxylic acids is 3. The summed E-state index contributed by atoms with van der Waals surface area (Å²) in [5, 5.41) is 1.76. The molecule has 0 atom stereocenters. The number of hydrogen-bond acceptors (Lipinski definition) is 3. The van der Waals surface area contributed by atoms with Crippen molar-refractivity contribution in [3.8, 4) is 0 Å². The van der Waals surface area contributed by atoms with Crippen LogP contribution in [0.1, 0.15) is 31.8 Å². The number of imide groups is 1. The predicted octanol–water partition coefficient (Wildman–Crippen LogP) is 3.29. The van der Waals surface area contributed by atoms with E-state index in [2.05, 4.69) is 0 Å². The van der Waals surface area contributed by atoms with E-state index in [-0.39, 0.29) is 23.4 Å². The van der Waals surface area contributed by atoms with Crippen molar-refractivity contribution in [3.63, 3.8) is 0 Å². The van der Waals surface area contributed by atoms with E-state index in [0.29, 0.717) is 11.1 Å². The number of nitrogens with one attached hydrogen (secondary N) is 1. The highest BCUT2D eigenvalue weighted by atomic mass is 19.4. The quantitative estimate of drug-likeness (QED) is 0.852. The Kier molecular flexibility index (Phi) is 4.27. The lowest BCUT2D eigenvalue weighted by molar-refractivity contribution is -0.167. The molecular weight excluding hydrogens is 349 g/mol. The third-order valence-electron chi connectivity index (χ3n) is 4.07. The van der Waals surface area contributed by atoms with Crippen LogP contribution in [-0.4, -0.2) is 28.8 Å². The first-order valence-corrected chi connectivity index (χ1v) is 7.61. The van der Waals surface area contributed by atoms with E-state index in [4.69, 9.17) is 0 Å². The van der Waals surface area contributed by atoms with Gasteiger partial charge in [-0.3, -0.25) is 19.3 Å². The summed E-state index contributed by atoms with van der Waals surface area (Å²) < 4.78 is 37.2. The first-order chi connectivity index (χ1) is 12.2. The summed E-state index contributed by atoms with van der Waals surface area (Å²) in [4.78, 5) is 36.9. The van der Waals surface area contributed by atoms with Crippen molar-refractivity contribution < 1.29 is 27.6 Å². The number of benzene rings is 2. The lowest BCUT2D eigenvalue weighted by Gasteiger charge is -2.17. The third kappa shape index (κ3) is 3.17. The van der Waals surface area contributed by atoms with Gasteiger partial charge >= 0.3 is 12.1 Å². The zero-order chi connectivity index (χ0) is 19.1. The lowest BCUT2D eigenvalue weighted by atomic mass is 10.1. The summed E-state index contributed by atoms with van der Waals surface area (Å²) in [5.41, 5.74) is 1.64. The summed E-state index contributed by atoms with van der Waals surface area (Å²) in [5.74, 6) is -3.02. The molecule has 1 heterocycles. The molecule has 0 radical (unpaired) electrons. The average molecular weight is 362 g/mol. The molecule has 0 bridgehead atoms. The van der Waals surface area contributed by atoms with E-state index in [9.17, 15) is 27.6 Å². The molecular formula is C18H13F3N2O3. The third-order valence-corrected chi connectivity index (χ3v) is 4.07. The summed E-state index contributed by atoms with van der Waals surface area (Å²) in [6.07, 6.45) is -5.01. The van der Waals surface area contributed by atoms with E-state index in [0.717, 1.165) is 4.90 Å². The van der Waals surface area contributed by atoms with Crippen LogP contribution >= 0.6 is 0 Å². The molecule has 3 amide bonds. The highest BCUT2D eigenvalue weighted by Gasteiger charge is 2.39. The van der Waals surface area contributed by atoms with Gasteiger partial charge in [-0.05, 0) is 42.3 Å². The van der Waals surface area contributed by atoms with Gasteiger partial charge in [0.15, 0.2) is 0 Å². The zero-order valence-corrected chi connectivity index (χ0v) is 13.6. The second-order valence-corrected chi connectivity index (χ2v) is 5.84. The van der Waals surface area contributed by atoms with Crippen molar-refractivity contribution in [2.24, 2.45) is 0 Å². The molecule has 0 aromatic heterocycles. The minimum atomic E-state index is -5.01. The molecule has 2 aromatic rings. The van der Waals surface area contributed by atoms with Gasteiger partial charge in [0.1, 0.15) is 0 Å². The van der Waals surface area contributed by atoms with Gasteiger partial charge in [-0.2, -0.15) is 13.2 Å². The second kappa shape index (κ2) is 6.29. The molecule has 0 aliphatic carbocycles. The number of aryl methyl sites for hydroxylation is 1. The van der Waals surface area contributed by atoms with Crippen molar-refractivity contribution in [1.29, 1.82) is 0 Å². The maximum atomic E-state index is 12.4. The van der Waals surface area contributed by atoms with E-state index in [1.54, 1.807) is 36.5 Å². The first-order valence-electron chi connectivity index (χ1n) is 7.61. The van der Waals surface area contributed by atoms with E-state index >= 15 is 0 Å². The van der Waals surface area contributed by atoms with Crippen LogP contribution in [0.4, 0.5) is 18.9 Å². The van der Waals surface area contributed by atoms with Crippen LogP contribution in [-0.2, 0) is 11.3 Å². The van der Waals surface area contributed by atoms with Gasteiger partial charge in [-0.1, -0.05) is 18.2 Å². The topological polar surface area (TPSA) is 66.5 Å². The monoisotopic (exact) mass is 362 g/mol.